The van der Waals surface area contributed by atoms with Crippen LogP contribution in [0.1, 0.15) is 24.1 Å². The number of halogens is 2. The quantitative estimate of drug-likeness (QED) is 0.180. The third-order valence-electron chi connectivity index (χ3n) is 6.91. The van der Waals surface area contributed by atoms with Gasteiger partial charge in [0.25, 0.3) is 0 Å². The van der Waals surface area contributed by atoms with E-state index in [4.69, 9.17) is 9.72 Å². The van der Waals surface area contributed by atoms with Crippen LogP contribution in [0, 0.1) is 12.7 Å². The predicted molar refractivity (Wildman–Crippen MR) is 169 cm³/mol. The molecule has 1 saturated heterocycles. The molecule has 6 rings (SSSR count). The molecule has 1 fully saturated rings. The first kappa shape index (κ1) is 30.5. The summed E-state index contributed by atoms with van der Waals surface area (Å²) in [6, 6.07) is 11.9. The maximum absolute atomic E-state index is 15.1. The second-order valence-electron chi connectivity index (χ2n) is 9.98. The molecule has 0 bridgehead atoms. The standard InChI is InChI=1S/C29H28FN7O3S2.ClH/c1-18-6-7-21-22(8-9-24(30)26(21)37-42(38,39)16-20-15-41-17-34-20)27(18)40-28-23(5-3-12-32-28)25-10-13-33-29(36-25)35-19-4-2-11-31-14-19;/h3,5-10,12-13,15,17,19,31,37H,2,4,11,14,16H2,1H3,(H,33,35,36);1H/t19-;/m0./s1. The minimum atomic E-state index is -3.93. The molecule has 4 heterocycles. The van der Waals surface area contributed by atoms with Gasteiger partial charge in [-0.05, 0) is 62.2 Å². The number of fused-ring (bicyclic) bond motifs is 1. The normalized spacial score (nSPS) is 15.1. The van der Waals surface area contributed by atoms with Crippen LogP contribution >= 0.6 is 23.7 Å². The lowest BCUT2D eigenvalue weighted by molar-refractivity contribution is 0.466. The molecule has 0 unspecified atom stereocenters. The fourth-order valence-corrected chi connectivity index (χ4v) is 6.70. The number of aryl methyl sites for hydroxylation is 1. The van der Waals surface area contributed by atoms with Crippen LogP contribution in [0.2, 0.25) is 0 Å². The number of nitrogens with zero attached hydrogens (tertiary/aromatic N) is 4. The fraction of sp³-hybridized carbons (Fsp3) is 0.241. The van der Waals surface area contributed by atoms with Gasteiger partial charge in [-0.15, -0.1) is 23.7 Å². The molecule has 3 N–H and O–H groups in total. The van der Waals surface area contributed by atoms with Crippen LogP contribution in [0.4, 0.5) is 16.0 Å². The zero-order valence-corrected chi connectivity index (χ0v) is 25.5. The number of aromatic nitrogens is 4. The lowest BCUT2D eigenvalue weighted by atomic mass is 10.0. The summed E-state index contributed by atoms with van der Waals surface area (Å²) >= 11 is 1.29. The first-order valence-corrected chi connectivity index (χ1v) is 16.0. The monoisotopic (exact) mass is 641 g/mol. The Labute approximate surface area is 258 Å². The number of thiazole rings is 1. The number of piperidine rings is 1. The van der Waals surface area contributed by atoms with Crippen molar-refractivity contribution in [1.82, 2.24) is 25.3 Å². The van der Waals surface area contributed by atoms with Gasteiger partial charge in [-0.25, -0.2) is 32.7 Å². The summed E-state index contributed by atoms with van der Waals surface area (Å²) in [5.74, 6) is 0.167. The van der Waals surface area contributed by atoms with Gasteiger partial charge in [0.05, 0.1) is 28.1 Å². The van der Waals surface area contributed by atoms with E-state index >= 15 is 4.39 Å². The van der Waals surface area contributed by atoms with Gasteiger partial charge < -0.3 is 15.4 Å². The zero-order chi connectivity index (χ0) is 29.1. The number of ether oxygens (including phenoxy) is 1. The van der Waals surface area contributed by atoms with E-state index < -0.39 is 15.8 Å². The molecule has 1 aliphatic rings. The van der Waals surface area contributed by atoms with Gasteiger partial charge in [-0.1, -0.05) is 12.1 Å². The van der Waals surface area contributed by atoms with E-state index in [1.807, 2.05) is 13.0 Å². The lowest BCUT2D eigenvalue weighted by Crippen LogP contribution is -2.38. The van der Waals surface area contributed by atoms with Crippen molar-refractivity contribution in [2.45, 2.75) is 31.6 Å². The summed E-state index contributed by atoms with van der Waals surface area (Å²) in [6.07, 6.45) is 5.42. The molecular weight excluding hydrogens is 613 g/mol. The zero-order valence-electron chi connectivity index (χ0n) is 23.1. The Morgan fingerprint density at radius 3 is 2.74 bits per heavy atom. The molecule has 3 aromatic heterocycles. The van der Waals surface area contributed by atoms with Crippen LogP contribution in [0.25, 0.3) is 22.0 Å². The molecule has 10 nitrogen and oxygen atoms in total. The van der Waals surface area contributed by atoms with Crippen molar-refractivity contribution in [1.29, 1.82) is 0 Å². The fourth-order valence-electron chi connectivity index (χ4n) is 4.89. The van der Waals surface area contributed by atoms with E-state index in [1.165, 1.54) is 17.4 Å². The summed E-state index contributed by atoms with van der Waals surface area (Å²) in [6.45, 7) is 3.71. The Balaban J connectivity index is 0.00000368. The third kappa shape index (κ3) is 7.02. The van der Waals surface area contributed by atoms with Crippen molar-refractivity contribution in [3.8, 4) is 22.9 Å². The Morgan fingerprint density at radius 1 is 1.09 bits per heavy atom. The topological polar surface area (TPSA) is 131 Å². The average Bonchev–Trinajstić information content (AvgIpc) is 3.49. The highest BCUT2D eigenvalue weighted by Gasteiger charge is 2.21. The second kappa shape index (κ2) is 13.2. The van der Waals surface area contributed by atoms with E-state index in [-0.39, 0.29) is 29.9 Å². The summed E-state index contributed by atoms with van der Waals surface area (Å²) in [5, 5.41) is 9.29. The molecule has 2 aromatic carbocycles. The molecule has 1 atom stereocenters. The number of hydrogen-bond donors (Lipinski definition) is 3. The average molecular weight is 642 g/mol. The molecule has 14 heteroatoms. The molecule has 0 spiro atoms. The van der Waals surface area contributed by atoms with Crippen LogP contribution in [-0.2, 0) is 15.8 Å². The molecule has 1 aliphatic heterocycles. The molecular formula is C29H29ClFN7O3S2. The highest BCUT2D eigenvalue weighted by Crippen LogP contribution is 2.39. The van der Waals surface area contributed by atoms with Gasteiger partial charge in [-0.2, -0.15) is 0 Å². The van der Waals surface area contributed by atoms with Crippen molar-refractivity contribution >= 4 is 56.2 Å². The number of nitrogens with one attached hydrogen (secondary N) is 3. The molecule has 0 saturated carbocycles. The van der Waals surface area contributed by atoms with E-state index in [1.54, 1.807) is 53.6 Å². The lowest BCUT2D eigenvalue weighted by Gasteiger charge is -2.23. The number of hydrogen-bond acceptors (Lipinski definition) is 10. The third-order valence-corrected chi connectivity index (χ3v) is 8.73. The van der Waals surface area contributed by atoms with Gasteiger partial charge in [0.15, 0.2) is 0 Å². The van der Waals surface area contributed by atoms with Crippen LogP contribution in [-0.4, -0.2) is 47.5 Å². The molecule has 224 valence electrons. The van der Waals surface area contributed by atoms with Crippen molar-refractivity contribution in [3.63, 3.8) is 0 Å². The smallest absolute Gasteiger partial charge is 0.238 e. The first-order chi connectivity index (χ1) is 20.4. The summed E-state index contributed by atoms with van der Waals surface area (Å²) in [4.78, 5) is 17.6. The molecule has 43 heavy (non-hydrogen) atoms. The second-order valence-corrected chi connectivity index (χ2v) is 12.4. The van der Waals surface area contributed by atoms with Crippen LogP contribution in [0.15, 0.2) is 65.7 Å². The van der Waals surface area contributed by atoms with Crippen molar-refractivity contribution in [2.75, 3.05) is 23.1 Å². The number of benzene rings is 2. The molecule has 0 amide bonds. The highest BCUT2D eigenvalue weighted by molar-refractivity contribution is 7.91. The van der Waals surface area contributed by atoms with Crippen LogP contribution < -0.4 is 20.1 Å². The summed E-state index contributed by atoms with van der Waals surface area (Å²) < 4.78 is 49.6. The van der Waals surface area contributed by atoms with Gasteiger partial charge in [-0.3, -0.25) is 4.72 Å². The van der Waals surface area contributed by atoms with Gasteiger partial charge in [0.1, 0.15) is 17.3 Å². The Kier molecular flexibility index (Phi) is 9.35. The largest absolute Gasteiger partial charge is 0.437 e. The minimum absolute atomic E-state index is 0. The minimum Gasteiger partial charge on any atom is -0.437 e. The molecule has 0 aliphatic carbocycles. The van der Waals surface area contributed by atoms with Crippen molar-refractivity contribution in [3.05, 3.63) is 82.8 Å². The van der Waals surface area contributed by atoms with Gasteiger partial charge >= 0.3 is 0 Å². The van der Waals surface area contributed by atoms with Crippen LogP contribution in [0.3, 0.4) is 0 Å². The summed E-state index contributed by atoms with van der Waals surface area (Å²) in [7, 11) is -3.93. The number of anilines is 2. The maximum Gasteiger partial charge on any atom is 0.238 e. The highest BCUT2D eigenvalue weighted by atomic mass is 35.5. The van der Waals surface area contributed by atoms with Gasteiger partial charge in [0, 0.05) is 41.1 Å². The van der Waals surface area contributed by atoms with E-state index in [0.717, 1.165) is 31.5 Å². The molecule has 5 aromatic rings. The Hall–Kier alpha value is -3.91. The summed E-state index contributed by atoms with van der Waals surface area (Å²) in [5.41, 5.74) is 3.81. The molecule has 0 radical (unpaired) electrons. The SMILES string of the molecule is Cc1ccc2c(NS(=O)(=O)Cc3cscn3)c(F)ccc2c1Oc1ncccc1-c1ccnc(N[C@H]2CCCNC2)n1.Cl. The van der Waals surface area contributed by atoms with Crippen LogP contribution in [0.5, 0.6) is 11.6 Å². The first-order valence-electron chi connectivity index (χ1n) is 13.4. The maximum atomic E-state index is 15.1. The predicted octanol–water partition coefficient (Wildman–Crippen LogP) is 5.92. The Morgan fingerprint density at radius 2 is 1.95 bits per heavy atom. The van der Waals surface area contributed by atoms with Crippen molar-refractivity contribution in [2.24, 2.45) is 0 Å². The van der Waals surface area contributed by atoms with Gasteiger partial charge in [0.2, 0.25) is 21.9 Å². The van der Waals surface area contributed by atoms with E-state index in [2.05, 4.69) is 30.3 Å². The number of pyridine rings is 1. The number of rotatable bonds is 9. The Bertz CT molecular complexity index is 1840. The van der Waals surface area contributed by atoms with E-state index in [0.29, 0.717) is 45.3 Å². The van der Waals surface area contributed by atoms with E-state index in [9.17, 15) is 8.42 Å². The number of sulfonamides is 1. The van der Waals surface area contributed by atoms with Crippen molar-refractivity contribution < 1.29 is 17.5 Å².